The van der Waals surface area contributed by atoms with Gasteiger partial charge in [0.05, 0.1) is 5.02 Å². The van der Waals surface area contributed by atoms with Gasteiger partial charge in [0.25, 0.3) is 11.8 Å². The molecule has 0 spiro atoms. The number of hydrogen-bond acceptors (Lipinski definition) is 5. The number of benzene rings is 2. The van der Waals surface area contributed by atoms with Crippen molar-refractivity contribution in [3.63, 3.8) is 0 Å². The molecular weight excluding hydrogens is 467 g/mol. The normalized spacial score (nSPS) is 10.6. The van der Waals surface area contributed by atoms with Gasteiger partial charge in [-0.15, -0.1) is 0 Å². The first-order chi connectivity index (χ1) is 15.9. The first-order valence-corrected chi connectivity index (χ1v) is 10.5. The predicted molar refractivity (Wildman–Crippen MR) is 125 cm³/mol. The molecular formula is C23H18Cl2N4O4. The first-order valence-electron chi connectivity index (χ1n) is 9.76. The Balaban J connectivity index is 1.36. The van der Waals surface area contributed by atoms with Gasteiger partial charge in [-0.25, -0.2) is 0 Å². The maximum Gasteiger partial charge on any atom is 0.291 e. The van der Waals surface area contributed by atoms with E-state index < -0.39 is 5.91 Å². The number of amides is 2. The summed E-state index contributed by atoms with van der Waals surface area (Å²) in [6, 6.07) is 16.4. The minimum Gasteiger partial charge on any atom is -0.484 e. The van der Waals surface area contributed by atoms with Crippen LogP contribution in [0.5, 0.6) is 5.75 Å². The average molecular weight is 485 g/mol. The molecule has 2 aromatic carbocycles. The van der Waals surface area contributed by atoms with Crippen LogP contribution in [0.2, 0.25) is 10.0 Å². The number of nitrogens with one attached hydrogen (secondary N) is 2. The minimum absolute atomic E-state index is 0.0870. The summed E-state index contributed by atoms with van der Waals surface area (Å²) in [4.78, 5) is 24.8. The first kappa shape index (κ1) is 22.4. The van der Waals surface area contributed by atoms with Gasteiger partial charge in [-0.2, -0.15) is 5.10 Å². The molecule has 4 rings (SSSR count). The topological polar surface area (TPSA) is 98.4 Å². The van der Waals surface area contributed by atoms with Gasteiger partial charge in [0, 0.05) is 29.6 Å². The van der Waals surface area contributed by atoms with Crippen molar-refractivity contribution in [1.29, 1.82) is 0 Å². The lowest BCUT2D eigenvalue weighted by Crippen LogP contribution is -2.14. The number of carbonyl (C=O) groups is 2. The van der Waals surface area contributed by atoms with Crippen LogP contribution in [0.4, 0.5) is 11.4 Å². The van der Waals surface area contributed by atoms with Gasteiger partial charge in [0.2, 0.25) is 0 Å². The maximum absolute atomic E-state index is 12.6. The van der Waals surface area contributed by atoms with Crippen molar-refractivity contribution < 1.29 is 18.7 Å². The Morgan fingerprint density at radius 2 is 1.76 bits per heavy atom. The number of ether oxygens (including phenoxy) is 1. The summed E-state index contributed by atoms with van der Waals surface area (Å²) in [6.45, 7) is 0.0870. The zero-order valence-electron chi connectivity index (χ0n) is 17.3. The standard InChI is InChI=1S/C23H18Cl2N4O4/c1-29-10-9-19(28-29)22(30)26-15-3-2-4-16(12-15)27-23(31)21-8-6-17(33-21)13-32-20-7-5-14(24)11-18(20)25/h2-12H,13H2,1H3,(H,26,30)(H,27,31). The zero-order valence-corrected chi connectivity index (χ0v) is 18.9. The molecule has 168 valence electrons. The summed E-state index contributed by atoms with van der Waals surface area (Å²) in [5, 5.41) is 10.4. The molecule has 0 aliphatic carbocycles. The number of hydrogen-bond donors (Lipinski definition) is 2. The molecule has 0 fully saturated rings. The summed E-state index contributed by atoms with van der Waals surface area (Å²) >= 11 is 12.0. The number of aryl methyl sites for hydroxylation is 1. The van der Waals surface area contributed by atoms with E-state index in [-0.39, 0.29) is 24.0 Å². The third kappa shape index (κ3) is 5.74. The molecule has 0 aliphatic heterocycles. The van der Waals surface area contributed by atoms with Gasteiger partial charge >= 0.3 is 0 Å². The van der Waals surface area contributed by atoms with Crippen LogP contribution in [0.3, 0.4) is 0 Å². The van der Waals surface area contributed by atoms with Gasteiger partial charge in [-0.1, -0.05) is 29.3 Å². The highest BCUT2D eigenvalue weighted by molar-refractivity contribution is 6.35. The minimum atomic E-state index is -0.445. The molecule has 2 heterocycles. The molecule has 8 nitrogen and oxygen atoms in total. The van der Waals surface area contributed by atoms with E-state index in [4.69, 9.17) is 32.4 Å². The molecule has 0 radical (unpaired) electrons. The van der Waals surface area contributed by atoms with Crippen molar-refractivity contribution in [2.45, 2.75) is 6.61 Å². The molecule has 0 saturated heterocycles. The molecule has 0 saturated carbocycles. The van der Waals surface area contributed by atoms with Crippen LogP contribution in [0, 0.1) is 0 Å². The molecule has 2 aromatic heterocycles. The van der Waals surface area contributed by atoms with Crippen LogP contribution in [0.1, 0.15) is 26.8 Å². The van der Waals surface area contributed by atoms with Crippen molar-refractivity contribution in [2.75, 3.05) is 10.6 Å². The fourth-order valence-corrected chi connectivity index (χ4v) is 3.38. The largest absolute Gasteiger partial charge is 0.484 e. The molecule has 0 bridgehead atoms. The average Bonchev–Trinajstić information content (AvgIpc) is 3.43. The van der Waals surface area contributed by atoms with Crippen molar-refractivity contribution in [2.24, 2.45) is 7.05 Å². The second-order valence-corrected chi connectivity index (χ2v) is 7.84. The Morgan fingerprint density at radius 3 is 2.45 bits per heavy atom. The van der Waals surface area contributed by atoms with E-state index in [1.807, 2.05) is 0 Å². The molecule has 0 aliphatic rings. The zero-order chi connectivity index (χ0) is 23.4. The Bertz CT molecular complexity index is 1320. The number of aromatic nitrogens is 2. The Morgan fingerprint density at radius 1 is 1.00 bits per heavy atom. The van der Waals surface area contributed by atoms with Crippen LogP contribution in [0.15, 0.2) is 71.3 Å². The lowest BCUT2D eigenvalue weighted by atomic mass is 10.2. The second kappa shape index (κ2) is 9.81. The SMILES string of the molecule is Cn1ccc(C(=O)Nc2cccc(NC(=O)c3ccc(COc4ccc(Cl)cc4Cl)o3)c2)n1. The number of halogens is 2. The van der Waals surface area contributed by atoms with E-state index >= 15 is 0 Å². The Kier molecular flexibility index (Phi) is 6.67. The van der Waals surface area contributed by atoms with E-state index in [0.29, 0.717) is 32.9 Å². The van der Waals surface area contributed by atoms with Crippen molar-refractivity contribution in [3.05, 3.63) is 94.1 Å². The smallest absolute Gasteiger partial charge is 0.291 e. The van der Waals surface area contributed by atoms with Crippen molar-refractivity contribution in [1.82, 2.24) is 9.78 Å². The second-order valence-electron chi connectivity index (χ2n) is 6.99. The molecule has 4 aromatic rings. The van der Waals surface area contributed by atoms with Gasteiger partial charge < -0.3 is 19.8 Å². The molecule has 0 atom stereocenters. The highest BCUT2D eigenvalue weighted by atomic mass is 35.5. The molecule has 2 amide bonds. The van der Waals surface area contributed by atoms with Gasteiger partial charge in [0.15, 0.2) is 11.5 Å². The summed E-state index contributed by atoms with van der Waals surface area (Å²) in [7, 11) is 1.73. The van der Waals surface area contributed by atoms with Gasteiger partial charge in [-0.3, -0.25) is 14.3 Å². The molecule has 2 N–H and O–H groups in total. The molecule has 0 unspecified atom stereocenters. The summed E-state index contributed by atoms with van der Waals surface area (Å²) < 4.78 is 12.7. The van der Waals surface area contributed by atoms with Crippen LogP contribution in [0.25, 0.3) is 0 Å². The predicted octanol–water partition coefficient (Wildman–Crippen LogP) is 5.40. The monoisotopic (exact) mass is 484 g/mol. The lowest BCUT2D eigenvalue weighted by molar-refractivity contribution is 0.0991. The number of nitrogens with zero attached hydrogens (tertiary/aromatic N) is 2. The fourth-order valence-electron chi connectivity index (χ4n) is 2.92. The number of anilines is 2. The lowest BCUT2D eigenvalue weighted by Gasteiger charge is -2.08. The van der Waals surface area contributed by atoms with Gasteiger partial charge in [-0.05, 0) is 54.6 Å². The van der Waals surface area contributed by atoms with Gasteiger partial charge in [0.1, 0.15) is 18.1 Å². The summed E-state index contributed by atoms with van der Waals surface area (Å²) in [6.07, 6.45) is 1.68. The number of furan rings is 1. The highest BCUT2D eigenvalue weighted by Gasteiger charge is 2.14. The molecule has 33 heavy (non-hydrogen) atoms. The van der Waals surface area contributed by atoms with E-state index in [2.05, 4.69) is 15.7 Å². The quantitative estimate of drug-likeness (QED) is 0.365. The summed E-state index contributed by atoms with van der Waals surface area (Å²) in [5.41, 5.74) is 1.29. The van der Waals surface area contributed by atoms with Crippen molar-refractivity contribution in [3.8, 4) is 5.75 Å². The van der Waals surface area contributed by atoms with Crippen LogP contribution in [-0.2, 0) is 13.7 Å². The third-order valence-corrected chi connectivity index (χ3v) is 5.00. The third-order valence-electron chi connectivity index (χ3n) is 4.47. The Hall–Kier alpha value is -3.75. The highest BCUT2D eigenvalue weighted by Crippen LogP contribution is 2.28. The maximum atomic E-state index is 12.6. The van der Waals surface area contributed by atoms with E-state index in [9.17, 15) is 9.59 Å². The van der Waals surface area contributed by atoms with Crippen LogP contribution >= 0.6 is 23.2 Å². The van der Waals surface area contributed by atoms with Crippen LogP contribution in [-0.4, -0.2) is 21.6 Å². The van der Waals surface area contributed by atoms with Crippen LogP contribution < -0.4 is 15.4 Å². The van der Waals surface area contributed by atoms with E-state index in [1.165, 1.54) is 4.68 Å². The molecule has 10 heteroatoms. The Labute approximate surface area is 199 Å². The number of rotatable bonds is 7. The summed E-state index contributed by atoms with van der Waals surface area (Å²) in [5.74, 6) is 0.212. The van der Waals surface area contributed by atoms with E-state index in [1.54, 1.807) is 73.9 Å². The number of carbonyl (C=O) groups excluding carboxylic acids is 2. The van der Waals surface area contributed by atoms with Crippen molar-refractivity contribution >= 4 is 46.4 Å². The fraction of sp³-hybridized carbons (Fsp3) is 0.0870. The van der Waals surface area contributed by atoms with E-state index in [0.717, 1.165) is 0 Å².